The summed E-state index contributed by atoms with van der Waals surface area (Å²) in [5.41, 5.74) is 0.184. The number of nitrogens with zero attached hydrogens (tertiary/aromatic N) is 2. The van der Waals surface area contributed by atoms with Crippen molar-refractivity contribution in [2.75, 3.05) is 5.32 Å². The molecule has 0 atom stereocenters. The van der Waals surface area contributed by atoms with E-state index in [0.717, 1.165) is 23.2 Å². The van der Waals surface area contributed by atoms with Gasteiger partial charge in [0.1, 0.15) is 16.6 Å². The number of amides is 1. The van der Waals surface area contributed by atoms with Crippen molar-refractivity contribution in [2.24, 2.45) is 0 Å². The number of halogens is 2. The molecule has 1 heterocycles. The quantitative estimate of drug-likeness (QED) is 0.938. The Kier molecular flexibility index (Phi) is 4.16. The third-order valence-electron chi connectivity index (χ3n) is 2.40. The topological polar surface area (TPSA) is 54.9 Å². The van der Waals surface area contributed by atoms with E-state index < -0.39 is 11.6 Å². The van der Waals surface area contributed by atoms with Crippen molar-refractivity contribution in [1.82, 2.24) is 10.2 Å². The summed E-state index contributed by atoms with van der Waals surface area (Å²) in [5.74, 6) is -1.34. The number of aryl methyl sites for hydroxylation is 2. The van der Waals surface area contributed by atoms with Gasteiger partial charge in [-0.25, -0.2) is 8.78 Å². The van der Waals surface area contributed by atoms with Crippen molar-refractivity contribution < 1.29 is 13.6 Å². The molecule has 0 bridgehead atoms. The van der Waals surface area contributed by atoms with Crippen molar-refractivity contribution in [3.05, 3.63) is 40.4 Å². The Hall–Kier alpha value is -1.89. The standard InChI is InChI=1S/C12H11F2N3OS/c1-7-16-17-12(19-7)15-11(18)5-2-8-6-9(13)3-4-10(8)14/h3-4,6H,2,5H2,1H3,(H,15,17,18). The summed E-state index contributed by atoms with van der Waals surface area (Å²) in [4.78, 5) is 11.6. The molecule has 0 saturated carbocycles. The molecule has 1 aromatic carbocycles. The lowest BCUT2D eigenvalue weighted by molar-refractivity contribution is -0.116. The van der Waals surface area contributed by atoms with Crippen LogP contribution in [0.3, 0.4) is 0 Å². The summed E-state index contributed by atoms with van der Waals surface area (Å²) in [6, 6.07) is 3.19. The van der Waals surface area contributed by atoms with Crippen molar-refractivity contribution in [1.29, 1.82) is 0 Å². The molecule has 1 amide bonds. The largest absolute Gasteiger partial charge is 0.301 e. The Morgan fingerprint density at radius 3 is 2.84 bits per heavy atom. The number of nitrogens with one attached hydrogen (secondary N) is 1. The third kappa shape index (κ3) is 3.78. The first-order chi connectivity index (χ1) is 9.04. The Balaban J connectivity index is 1.91. The Morgan fingerprint density at radius 2 is 2.16 bits per heavy atom. The van der Waals surface area contributed by atoms with Crippen molar-refractivity contribution in [3.63, 3.8) is 0 Å². The number of rotatable bonds is 4. The molecule has 4 nitrogen and oxygen atoms in total. The molecule has 0 saturated heterocycles. The monoisotopic (exact) mass is 283 g/mol. The molecule has 0 unspecified atom stereocenters. The number of hydrogen-bond donors (Lipinski definition) is 1. The smallest absolute Gasteiger partial charge is 0.226 e. The van der Waals surface area contributed by atoms with Crippen molar-refractivity contribution in [2.45, 2.75) is 19.8 Å². The number of carbonyl (C=O) groups is 1. The van der Waals surface area contributed by atoms with Gasteiger partial charge in [-0.1, -0.05) is 11.3 Å². The van der Waals surface area contributed by atoms with E-state index >= 15 is 0 Å². The molecule has 1 aromatic heterocycles. The fourth-order valence-electron chi connectivity index (χ4n) is 1.51. The van der Waals surface area contributed by atoms with Crippen LogP contribution in [0.25, 0.3) is 0 Å². The van der Waals surface area contributed by atoms with Gasteiger partial charge in [0.05, 0.1) is 0 Å². The highest BCUT2D eigenvalue weighted by Crippen LogP contribution is 2.15. The fourth-order valence-corrected chi connectivity index (χ4v) is 2.12. The predicted molar refractivity (Wildman–Crippen MR) is 68.0 cm³/mol. The van der Waals surface area contributed by atoms with Gasteiger partial charge in [0, 0.05) is 6.42 Å². The second kappa shape index (κ2) is 5.83. The lowest BCUT2D eigenvalue weighted by Gasteiger charge is -2.03. The van der Waals surface area contributed by atoms with Crippen LogP contribution in [0.5, 0.6) is 0 Å². The first-order valence-electron chi connectivity index (χ1n) is 5.58. The normalized spacial score (nSPS) is 10.5. The second-order valence-corrected chi connectivity index (χ2v) is 5.09. The van der Waals surface area contributed by atoms with Gasteiger partial charge in [-0.05, 0) is 37.1 Å². The highest BCUT2D eigenvalue weighted by atomic mass is 32.1. The number of aromatic nitrogens is 2. The average molecular weight is 283 g/mol. The van der Waals surface area contributed by atoms with Crippen LogP contribution in [-0.4, -0.2) is 16.1 Å². The molecule has 0 spiro atoms. The van der Waals surface area contributed by atoms with E-state index in [1.807, 2.05) is 0 Å². The fraction of sp³-hybridized carbons (Fsp3) is 0.250. The first kappa shape index (κ1) is 13.5. The van der Waals surface area contributed by atoms with Crippen LogP contribution in [-0.2, 0) is 11.2 Å². The van der Waals surface area contributed by atoms with Gasteiger partial charge >= 0.3 is 0 Å². The number of hydrogen-bond acceptors (Lipinski definition) is 4. The van der Waals surface area contributed by atoms with Gasteiger partial charge < -0.3 is 5.32 Å². The van der Waals surface area contributed by atoms with Gasteiger partial charge in [-0.15, -0.1) is 10.2 Å². The molecule has 0 aliphatic heterocycles. The maximum absolute atomic E-state index is 13.3. The van der Waals surface area contributed by atoms with Crippen LogP contribution in [0.1, 0.15) is 17.0 Å². The van der Waals surface area contributed by atoms with Crippen LogP contribution in [0.15, 0.2) is 18.2 Å². The Bertz CT molecular complexity index is 600. The zero-order chi connectivity index (χ0) is 13.8. The van der Waals surface area contributed by atoms with Crippen LogP contribution in [0.4, 0.5) is 13.9 Å². The molecule has 0 fully saturated rings. The van der Waals surface area contributed by atoms with E-state index in [9.17, 15) is 13.6 Å². The third-order valence-corrected chi connectivity index (χ3v) is 3.16. The van der Waals surface area contributed by atoms with Crippen LogP contribution in [0, 0.1) is 18.6 Å². The maximum atomic E-state index is 13.3. The van der Waals surface area contributed by atoms with Crippen molar-refractivity contribution in [3.8, 4) is 0 Å². The summed E-state index contributed by atoms with van der Waals surface area (Å²) in [7, 11) is 0. The lowest BCUT2D eigenvalue weighted by Crippen LogP contribution is -2.12. The number of carbonyl (C=O) groups excluding carboxylic acids is 1. The predicted octanol–water partition coefficient (Wildman–Crippen LogP) is 2.70. The molecule has 0 aliphatic carbocycles. The van der Waals surface area contributed by atoms with Crippen molar-refractivity contribution >= 4 is 22.4 Å². The molecular weight excluding hydrogens is 272 g/mol. The molecule has 0 radical (unpaired) electrons. The van der Waals surface area contributed by atoms with E-state index in [0.29, 0.717) is 5.13 Å². The highest BCUT2D eigenvalue weighted by molar-refractivity contribution is 7.15. The van der Waals surface area contributed by atoms with Crippen LogP contribution < -0.4 is 5.32 Å². The van der Waals surface area contributed by atoms with Gasteiger partial charge in [0.25, 0.3) is 0 Å². The minimum Gasteiger partial charge on any atom is -0.301 e. The van der Waals surface area contributed by atoms with Crippen LogP contribution >= 0.6 is 11.3 Å². The highest BCUT2D eigenvalue weighted by Gasteiger charge is 2.09. The molecule has 0 aliphatic rings. The minimum atomic E-state index is -0.517. The van der Waals surface area contributed by atoms with Gasteiger partial charge in [-0.3, -0.25) is 4.79 Å². The van der Waals surface area contributed by atoms with Gasteiger partial charge in [-0.2, -0.15) is 0 Å². The van der Waals surface area contributed by atoms with E-state index in [-0.39, 0.29) is 24.3 Å². The molecule has 2 rings (SSSR count). The van der Waals surface area contributed by atoms with Gasteiger partial charge in [0.2, 0.25) is 11.0 Å². The summed E-state index contributed by atoms with van der Waals surface area (Å²) in [6.45, 7) is 1.77. The number of anilines is 1. The second-order valence-electron chi connectivity index (χ2n) is 3.91. The maximum Gasteiger partial charge on any atom is 0.226 e. The molecule has 1 N–H and O–H groups in total. The molecule has 19 heavy (non-hydrogen) atoms. The molecule has 100 valence electrons. The minimum absolute atomic E-state index is 0.0546. The summed E-state index contributed by atoms with van der Waals surface area (Å²) >= 11 is 1.26. The SMILES string of the molecule is Cc1nnc(NC(=O)CCc2cc(F)ccc2F)s1. The summed E-state index contributed by atoms with van der Waals surface area (Å²) in [6.07, 6.45) is 0.187. The Labute approximate surface area is 112 Å². The molecule has 2 aromatic rings. The lowest BCUT2D eigenvalue weighted by atomic mass is 10.1. The average Bonchev–Trinajstić information content (AvgIpc) is 2.76. The van der Waals surface area contributed by atoms with E-state index in [4.69, 9.17) is 0 Å². The number of benzene rings is 1. The van der Waals surface area contributed by atoms with E-state index in [1.54, 1.807) is 6.92 Å². The molecule has 7 heteroatoms. The van der Waals surface area contributed by atoms with Gasteiger partial charge in [0.15, 0.2) is 0 Å². The summed E-state index contributed by atoms with van der Waals surface area (Å²) < 4.78 is 26.3. The Morgan fingerprint density at radius 1 is 1.37 bits per heavy atom. The zero-order valence-corrected chi connectivity index (χ0v) is 10.9. The molecular formula is C12H11F2N3OS. The van der Waals surface area contributed by atoms with Crippen LogP contribution in [0.2, 0.25) is 0 Å². The van der Waals surface area contributed by atoms with E-state index in [1.165, 1.54) is 11.3 Å². The first-order valence-corrected chi connectivity index (χ1v) is 6.40. The summed E-state index contributed by atoms with van der Waals surface area (Å²) in [5, 5.41) is 11.2. The van der Waals surface area contributed by atoms with E-state index in [2.05, 4.69) is 15.5 Å². The zero-order valence-electron chi connectivity index (χ0n) is 10.1.